The predicted octanol–water partition coefficient (Wildman–Crippen LogP) is 0.915. The van der Waals surface area contributed by atoms with Gasteiger partial charge in [-0.3, -0.25) is 4.79 Å². The van der Waals surface area contributed by atoms with Crippen LogP contribution in [0.4, 0.5) is 0 Å². The Kier molecular flexibility index (Phi) is 5.00. The van der Waals surface area contributed by atoms with Gasteiger partial charge in [-0.1, -0.05) is 30.3 Å². The van der Waals surface area contributed by atoms with Gasteiger partial charge in [-0.25, -0.2) is 4.21 Å². The van der Waals surface area contributed by atoms with Gasteiger partial charge in [-0.15, -0.1) is 0 Å². The summed E-state index contributed by atoms with van der Waals surface area (Å²) < 4.78 is 18.8. The molecule has 0 saturated heterocycles. The number of nitrogens with one attached hydrogen (secondary N) is 1. The summed E-state index contributed by atoms with van der Waals surface area (Å²) in [5, 5.41) is 2.67. The van der Waals surface area contributed by atoms with Crippen molar-refractivity contribution in [1.29, 1.82) is 0 Å². The minimum absolute atomic E-state index is 0.0133. The quantitative estimate of drug-likeness (QED) is 0.735. The van der Waals surface area contributed by atoms with Gasteiger partial charge in [0.05, 0.1) is 5.75 Å². The molecule has 0 spiro atoms. The predicted molar refractivity (Wildman–Crippen MR) is 58.5 cm³/mol. The summed E-state index contributed by atoms with van der Waals surface area (Å²) in [4.78, 5) is 11.2. The molecule has 0 bridgehead atoms. The lowest BCUT2D eigenvalue weighted by Gasteiger charge is -2.03. The fourth-order valence-electron chi connectivity index (χ4n) is 1.06. The van der Waals surface area contributed by atoms with Crippen LogP contribution in [0.15, 0.2) is 30.3 Å². The fourth-order valence-corrected chi connectivity index (χ4v) is 1.42. The highest BCUT2D eigenvalue weighted by Crippen LogP contribution is 1.97. The average Bonchev–Trinajstić information content (AvgIpc) is 2.25. The Morgan fingerprint density at radius 1 is 1.33 bits per heavy atom. The number of hydrogen-bond acceptors (Lipinski definition) is 2. The maximum absolute atomic E-state index is 11.2. The molecule has 0 aliphatic heterocycles. The first-order valence-electron chi connectivity index (χ1n) is 4.56. The van der Waals surface area contributed by atoms with E-state index in [0.29, 0.717) is 6.54 Å². The van der Waals surface area contributed by atoms with Gasteiger partial charge in [0, 0.05) is 13.0 Å². The SMILES string of the molecule is O=C(CCS(=O)O)NCc1ccccc1. The molecule has 82 valence electrons. The van der Waals surface area contributed by atoms with Gasteiger partial charge in [0.15, 0.2) is 11.1 Å². The van der Waals surface area contributed by atoms with Crippen LogP contribution in [0.2, 0.25) is 0 Å². The van der Waals surface area contributed by atoms with Crippen molar-refractivity contribution in [3.05, 3.63) is 35.9 Å². The summed E-state index contributed by atoms with van der Waals surface area (Å²) in [6.07, 6.45) is 0.0793. The van der Waals surface area contributed by atoms with E-state index in [4.69, 9.17) is 4.55 Å². The molecule has 0 fully saturated rings. The molecular formula is C10H13NO3S. The molecule has 15 heavy (non-hydrogen) atoms. The van der Waals surface area contributed by atoms with Crippen LogP contribution in [0, 0.1) is 0 Å². The smallest absolute Gasteiger partial charge is 0.221 e. The molecule has 1 atom stereocenters. The number of rotatable bonds is 5. The summed E-state index contributed by atoms with van der Waals surface area (Å²) in [6, 6.07) is 9.50. The number of hydrogen-bond donors (Lipinski definition) is 2. The Morgan fingerprint density at radius 2 is 2.00 bits per heavy atom. The molecule has 0 aliphatic carbocycles. The lowest BCUT2D eigenvalue weighted by Crippen LogP contribution is -2.24. The zero-order valence-electron chi connectivity index (χ0n) is 8.18. The van der Waals surface area contributed by atoms with E-state index in [0.717, 1.165) is 5.56 Å². The van der Waals surface area contributed by atoms with Crippen molar-refractivity contribution in [2.75, 3.05) is 5.75 Å². The molecule has 2 N–H and O–H groups in total. The van der Waals surface area contributed by atoms with Crippen LogP contribution in [0.25, 0.3) is 0 Å². The molecule has 0 radical (unpaired) electrons. The van der Waals surface area contributed by atoms with E-state index in [-0.39, 0.29) is 18.1 Å². The molecule has 0 aliphatic rings. The molecule has 1 amide bonds. The lowest BCUT2D eigenvalue weighted by molar-refractivity contribution is -0.120. The van der Waals surface area contributed by atoms with Crippen molar-refractivity contribution in [2.24, 2.45) is 0 Å². The minimum atomic E-state index is -1.90. The van der Waals surface area contributed by atoms with E-state index >= 15 is 0 Å². The summed E-state index contributed by atoms with van der Waals surface area (Å²) in [6.45, 7) is 0.456. The molecule has 1 aromatic carbocycles. The first kappa shape index (κ1) is 11.9. The Bertz CT molecular complexity index is 340. The number of benzene rings is 1. The minimum Gasteiger partial charge on any atom is -0.352 e. The second kappa shape index (κ2) is 6.31. The average molecular weight is 227 g/mol. The molecule has 0 saturated carbocycles. The standard InChI is InChI=1S/C10H13NO3S/c12-10(6-7-15(13)14)11-8-9-4-2-1-3-5-9/h1-5H,6-8H2,(H,11,12)(H,13,14). The van der Waals surface area contributed by atoms with Crippen molar-refractivity contribution in [2.45, 2.75) is 13.0 Å². The summed E-state index contributed by atoms with van der Waals surface area (Å²) >= 11 is -1.90. The van der Waals surface area contributed by atoms with Gasteiger partial charge in [0.25, 0.3) is 0 Å². The van der Waals surface area contributed by atoms with Crippen LogP contribution >= 0.6 is 0 Å². The number of carbonyl (C=O) groups is 1. The van der Waals surface area contributed by atoms with Gasteiger partial charge >= 0.3 is 0 Å². The maximum Gasteiger partial charge on any atom is 0.221 e. The highest BCUT2D eigenvalue weighted by Gasteiger charge is 2.02. The molecule has 0 heterocycles. The van der Waals surface area contributed by atoms with Crippen LogP contribution < -0.4 is 5.32 Å². The van der Waals surface area contributed by atoms with Crippen LogP contribution in [-0.2, 0) is 22.4 Å². The van der Waals surface area contributed by atoms with Gasteiger partial charge in [-0.2, -0.15) is 0 Å². The second-order valence-electron chi connectivity index (χ2n) is 3.04. The first-order chi connectivity index (χ1) is 7.18. The van der Waals surface area contributed by atoms with Crippen LogP contribution in [-0.4, -0.2) is 20.4 Å². The van der Waals surface area contributed by atoms with E-state index in [1.807, 2.05) is 30.3 Å². The van der Waals surface area contributed by atoms with Crippen LogP contribution in [0.5, 0.6) is 0 Å². The molecule has 1 aromatic rings. The zero-order valence-corrected chi connectivity index (χ0v) is 9.00. The Morgan fingerprint density at radius 3 is 2.60 bits per heavy atom. The molecule has 1 unspecified atom stereocenters. The van der Waals surface area contributed by atoms with E-state index < -0.39 is 11.1 Å². The molecular weight excluding hydrogens is 214 g/mol. The van der Waals surface area contributed by atoms with E-state index in [9.17, 15) is 9.00 Å². The van der Waals surface area contributed by atoms with Crippen LogP contribution in [0.3, 0.4) is 0 Å². The van der Waals surface area contributed by atoms with Crippen LogP contribution in [0.1, 0.15) is 12.0 Å². The maximum atomic E-state index is 11.2. The summed E-state index contributed by atoms with van der Waals surface area (Å²) in [5.74, 6) is -0.220. The van der Waals surface area contributed by atoms with E-state index in [2.05, 4.69) is 5.32 Å². The van der Waals surface area contributed by atoms with Gasteiger partial charge < -0.3 is 9.87 Å². The van der Waals surface area contributed by atoms with Gasteiger partial charge in [0.2, 0.25) is 5.91 Å². The Hall–Kier alpha value is -1.20. The molecule has 5 heteroatoms. The summed E-state index contributed by atoms with van der Waals surface area (Å²) in [7, 11) is 0. The topological polar surface area (TPSA) is 66.4 Å². The van der Waals surface area contributed by atoms with Crippen molar-refractivity contribution in [1.82, 2.24) is 5.32 Å². The third kappa shape index (κ3) is 5.29. The van der Waals surface area contributed by atoms with Gasteiger partial charge in [0.1, 0.15) is 0 Å². The van der Waals surface area contributed by atoms with E-state index in [1.165, 1.54) is 0 Å². The molecule has 1 rings (SSSR count). The molecule has 4 nitrogen and oxygen atoms in total. The second-order valence-corrected chi connectivity index (χ2v) is 4.09. The summed E-state index contributed by atoms with van der Waals surface area (Å²) in [5.41, 5.74) is 1.01. The number of carbonyl (C=O) groups excluding carboxylic acids is 1. The largest absolute Gasteiger partial charge is 0.352 e. The monoisotopic (exact) mass is 227 g/mol. The molecule has 0 aromatic heterocycles. The van der Waals surface area contributed by atoms with Gasteiger partial charge in [-0.05, 0) is 5.56 Å². The van der Waals surface area contributed by atoms with Crippen molar-refractivity contribution >= 4 is 17.0 Å². The number of amides is 1. The Labute approximate surface area is 91.0 Å². The zero-order chi connectivity index (χ0) is 11.1. The third-order valence-corrected chi connectivity index (χ3v) is 2.39. The highest BCUT2D eigenvalue weighted by atomic mass is 32.2. The third-order valence-electron chi connectivity index (χ3n) is 1.84. The normalized spacial score (nSPS) is 12.1. The van der Waals surface area contributed by atoms with E-state index in [1.54, 1.807) is 0 Å². The van der Waals surface area contributed by atoms with Crippen molar-refractivity contribution in [3.63, 3.8) is 0 Å². The lowest BCUT2D eigenvalue weighted by atomic mass is 10.2. The fraction of sp³-hybridized carbons (Fsp3) is 0.300. The first-order valence-corrected chi connectivity index (χ1v) is 5.84. The Balaban J connectivity index is 2.26. The highest BCUT2D eigenvalue weighted by molar-refractivity contribution is 7.79. The van der Waals surface area contributed by atoms with Crippen molar-refractivity contribution in [3.8, 4) is 0 Å². The van der Waals surface area contributed by atoms with Crippen molar-refractivity contribution < 1.29 is 13.6 Å².